The molecule has 0 radical (unpaired) electrons. The molecule has 0 aromatic heterocycles. The van der Waals surface area contributed by atoms with E-state index in [1.807, 2.05) is 6.08 Å². The Labute approximate surface area is 69.4 Å². The summed E-state index contributed by atoms with van der Waals surface area (Å²) in [4.78, 5) is 0. The van der Waals surface area contributed by atoms with Gasteiger partial charge in [0.1, 0.15) is 0 Å². The maximum absolute atomic E-state index is 5.46. The van der Waals surface area contributed by atoms with Crippen LogP contribution in [0.4, 0.5) is 0 Å². The van der Waals surface area contributed by atoms with Gasteiger partial charge in [0.25, 0.3) is 0 Å². The van der Waals surface area contributed by atoms with E-state index in [9.17, 15) is 0 Å². The van der Waals surface area contributed by atoms with Crippen LogP contribution in [-0.4, -0.2) is 11.7 Å². The van der Waals surface area contributed by atoms with Crippen molar-refractivity contribution in [3.63, 3.8) is 0 Å². The third-order valence-corrected chi connectivity index (χ3v) is 2.45. The average molecular weight is 154 g/mol. The lowest BCUT2D eigenvalue weighted by Crippen LogP contribution is -2.04. The monoisotopic (exact) mass is 154 g/mol. The second kappa shape index (κ2) is 2.98. The second-order valence-corrected chi connectivity index (χ2v) is 4.00. The van der Waals surface area contributed by atoms with Gasteiger partial charge in [-0.3, -0.25) is 0 Å². The van der Waals surface area contributed by atoms with Gasteiger partial charge in [0, 0.05) is 0 Å². The lowest BCUT2D eigenvalue weighted by Gasteiger charge is -2.02. The highest BCUT2D eigenvalue weighted by Gasteiger charge is 2.46. The third kappa shape index (κ3) is 2.33. The van der Waals surface area contributed by atoms with Gasteiger partial charge in [-0.15, -0.1) is 6.58 Å². The summed E-state index contributed by atoms with van der Waals surface area (Å²) in [5.41, 5.74) is 0.168. The Morgan fingerprint density at radius 1 is 1.64 bits per heavy atom. The zero-order valence-corrected chi connectivity index (χ0v) is 7.76. The van der Waals surface area contributed by atoms with Crippen molar-refractivity contribution in [2.24, 2.45) is 5.92 Å². The van der Waals surface area contributed by atoms with Crippen LogP contribution in [0.15, 0.2) is 12.7 Å². The van der Waals surface area contributed by atoms with Crippen molar-refractivity contribution in [2.45, 2.75) is 45.3 Å². The van der Waals surface area contributed by atoms with Crippen molar-refractivity contribution < 1.29 is 4.74 Å². The van der Waals surface area contributed by atoms with Crippen LogP contribution in [0.1, 0.15) is 33.6 Å². The fourth-order valence-electron chi connectivity index (χ4n) is 1.27. The molecular formula is C10H18O. The standard InChI is InChI=1S/C10H18O/c1-5-8(2)6-7-9-10(3,4)11-9/h5,8-9H,1,6-7H2,2-4H3/t8-,9+/m1/s1. The number of rotatable bonds is 4. The largest absolute Gasteiger partial charge is 0.367 e. The molecule has 1 nitrogen and oxygen atoms in total. The van der Waals surface area contributed by atoms with Gasteiger partial charge in [0.05, 0.1) is 11.7 Å². The normalized spacial score (nSPS) is 29.5. The van der Waals surface area contributed by atoms with Crippen molar-refractivity contribution in [3.05, 3.63) is 12.7 Å². The summed E-state index contributed by atoms with van der Waals surface area (Å²) < 4.78 is 5.46. The number of hydrogen-bond donors (Lipinski definition) is 0. The van der Waals surface area contributed by atoms with Gasteiger partial charge in [0.15, 0.2) is 0 Å². The Bertz CT molecular complexity index is 149. The Morgan fingerprint density at radius 2 is 2.18 bits per heavy atom. The number of hydrogen-bond acceptors (Lipinski definition) is 1. The Kier molecular flexibility index (Phi) is 2.38. The topological polar surface area (TPSA) is 12.5 Å². The van der Waals surface area contributed by atoms with Crippen molar-refractivity contribution in [2.75, 3.05) is 0 Å². The molecule has 1 saturated heterocycles. The molecule has 0 aliphatic carbocycles. The predicted molar refractivity (Wildman–Crippen MR) is 47.5 cm³/mol. The molecule has 1 rings (SSSR count). The molecule has 0 N–H and O–H groups in total. The molecule has 1 heterocycles. The van der Waals surface area contributed by atoms with Gasteiger partial charge in [-0.25, -0.2) is 0 Å². The highest BCUT2D eigenvalue weighted by molar-refractivity contribution is 4.95. The Morgan fingerprint density at radius 3 is 2.55 bits per heavy atom. The Balaban J connectivity index is 2.10. The molecule has 1 aliphatic heterocycles. The van der Waals surface area contributed by atoms with Crippen molar-refractivity contribution in [1.29, 1.82) is 0 Å². The van der Waals surface area contributed by atoms with E-state index in [1.54, 1.807) is 0 Å². The highest BCUT2D eigenvalue weighted by atomic mass is 16.6. The molecule has 0 bridgehead atoms. The first-order valence-electron chi connectivity index (χ1n) is 4.36. The summed E-state index contributed by atoms with van der Waals surface area (Å²) >= 11 is 0. The van der Waals surface area contributed by atoms with E-state index in [-0.39, 0.29) is 5.60 Å². The summed E-state index contributed by atoms with van der Waals surface area (Å²) in [6.45, 7) is 10.2. The first-order valence-corrected chi connectivity index (χ1v) is 4.36. The molecule has 0 spiro atoms. The van der Waals surface area contributed by atoms with E-state index in [1.165, 1.54) is 12.8 Å². The van der Waals surface area contributed by atoms with E-state index < -0.39 is 0 Å². The van der Waals surface area contributed by atoms with Crippen LogP contribution in [0, 0.1) is 5.92 Å². The summed E-state index contributed by atoms with van der Waals surface area (Å²) in [6.07, 6.45) is 4.90. The second-order valence-electron chi connectivity index (χ2n) is 4.00. The van der Waals surface area contributed by atoms with Gasteiger partial charge < -0.3 is 4.74 Å². The van der Waals surface area contributed by atoms with E-state index in [2.05, 4.69) is 27.4 Å². The minimum absolute atomic E-state index is 0.168. The van der Waals surface area contributed by atoms with Crippen LogP contribution in [0.3, 0.4) is 0 Å². The molecule has 0 saturated carbocycles. The molecule has 1 fully saturated rings. The van der Waals surface area contributed by atoms with Crippen LogP contribution < -0.4 is 0 Å². The first kappa shape index (κ1) is 8.79. The molecule has 1 aliphatic rings. The number of allylic oxidation sites excluding steroid dienone is 1. The fourth-order valence-corrected chi connectivity index (χ4v) is 1.27. The molecule has 0 aromatic rings. The minimum atomic E-state index is 0.168. The van der Waals surface area contributed by atoms with Gasteiger partial charge in [-0.05, 0) is 32.6 Å². The van der Waals surface area contributed by atoms with Gasteiger partial charge in [-0.2, -0.15) is 0 Å². The maximum Gasteiger partial charge on any atom is 0.0892 e. The molecular weight excluding hydrogens is 136 g/mol. The van der Waals surface area contributed by atoms with Gasteiger partial charge >= 0.3 is 0 Å². The first-order chi connectivity index (χ1) is 5.06. The smallest absolute Gasteiger partial charge is 0.0892 e. The lowest BCUT2D eigenvalue weighted by atomic mass is 10.00. The maximum atomic E-state index is 5.46. The fraction of sp³-hybridized carbons (Fsp3) is 0.800. The summed E-state index contributed by atoms with van der Waals surface area (Å²) in [6, 6.07) is 0. The van der Waals surface area contributed by atoms with Gasteiger partial charge in [-0.1, -0.05) is 13.0 Å². The molecule has 11 heavy (non-hydrogen) atoms. The molecule has 0 aromatic carbocycles. The van der Waals surface area contributed by atoms with Crippen molar-refractivity contribution in [1.82, 2.24) is 0 Å². The van der Waals surface area contributed by atoms with E-state index in [4.69, 9.17) is 4.74 Å². The summed E-state index contributed by atoms with van der Waals surface area (Å²) in [5.74, 6) is 0.634. The molecule has 0 unspecified atom stereocenters. The van der Waals surface area contributed by atoms with Crippen LogP contribution in [-0.2, 0) is 4.74 Å². The lowest BCUT2D eigenvalue weighted by molar-refractivity contribution is 0.316. The highest BCUT2D eigenvalue weighted by Crippen LogP contribution is 2.38. The summed E-state index contributed by atoms with van der Waals surface area (Å²) in [7, 11) is 0. The number of ether oxygens (including phenoxy) is 1. The molecule has 2 atom stereocenters. The van der Waals surface area contributed by atoms with Crippen molar-refractivity contribution in [3.8, 4) is 0 Å². The van der Waals surface area contributed by atoms with Crippen LogP contribution in [0.5, 0.6) is 0 Å². The number of epoxide rings is 1. The van der Waals surface area contributed by atoms with Crippen molar-refractivity contribution >= 4 is 0 Å². The van der Waals surface area contributed by atoms with E-state index in [0.29, 0.717) is 12.0 Å². The average Bonchev–Trinajstić information content (AvgIpc) is 2.54. The third-order valence-electron chi connectivity index (χ3n) is 2.45. The molecule has 64 valence electrons. The van der Waals surface area contributed by atoms with Crippen LogP contribution in [0.25, 0.3) is 0 Å². The van der Waals surface area contributed by atoms with Crippen LogP contribution >= 0.6 is 0 Å². The molecule has 1 heteroatoms. The van der Waals surface area contributed by atoms with Gasteiger partial charge in [0.2, 0.25) is 0 Å². The van der Waals surface area contributed by atoms with E-state index >= 15 is 0 Å². The summed E-state index contributed by atoms with van der Waals surface area (Å²) in [5, 5.41) is 0. The Hall–Kier alpha value is -0.300. The predicted octanol–water partition coefficient (Wildman–Crippen LogP) is 2.77. The van der Waals surface area contributed by atoms with Crippen LogP contribution in [0.2, 0.25) is 0 Å². The zero-order valence-electron chi connectivity index (χ0n) is 7.76. The zero-order chi connectivity index (χ0) is 8.48. The molecule has 0 amide bonds. The minimum Gasteiger partial charge on any atom is -0.367 e. The van der Waals surface area contributed by atoms with E-state index in [0.717, 1.165) is 0 Å². The SMILES string of the molecule is C=C[C@@H](C)CC[C@@H]1OC1(C)C. The quantitative estimate of drug-likeness (QED) is 0.448.